The molecule has 0 fully saturated rings. The molecular formula is C20H27ClN4O4. The Balaban J connectivity index is 0.00000300. The first-order chi connectivity index (χ1) is 13.6. The molecule has 0 unspecified atom stereocenters. The minimum Gasteiger partial charge on any atom is -0.493 e. The van der Waals surface area contributed by atoms with Crippen molar-refractivity contribution in [1.29, 1.82) is 0 Å². The highest BCUT2D eigenvalue weighted by molar-refractivity contribution is 5.85. The van der Waals surface area contributed by atoms with Crippen LogP contribution in [-0.4, -0.2) is 49.3 Å². The van der Waals surface area contributed by atoms with E-state index in [1.54, 1.807) is 12.1 Å². The Morgan fingerprint density at radius 1 is 1.28 bits per heavy atom. The zero-order chi connectivity index (χ0) is 19.9. The number of rotatable bonds is 8. The van der Waals surface area contributed by atoms with E-state index < -0.39 is 0 Å². The van der Waals surface area contributed by atoms with Crippen LogP contribution in [0.3, 0.4) is 0 Å². The van der Waals surface area contributed by atoms with E-state index in [1.807, 2.05) is 0 Å². The number of ether oxygens (including phenoxy) is 2. The SMILES string of the molecule is COc1cc2ncn(CCCC(=O)NCC3=CCNCC3)c(=O)c2cc1OC.Cl. The lowest BCUT2D eigenvalue weighted by atomic mass is 10.1. The van der Waals surface area contributed by atoms with Gasteiger partial charge in [0.05, 0.1) is 31.4 Å². The van der Waals surface area contributed by atoms with Gasteiger partial charge in [-0.1, -0.05) is 11.6 Å². The average Bonchev–Trinajstić information content (AvgIpc) is 2.73. The Morgan fingerprint density at radius 3 is 2.72 bits per heavy atom. The summed E-state index contributed by atoms with van der Waals surface area (Å²) in [5, 5.41) is 6.65. The van der Waals surface area contributed by atoms with Crippen molar-refractivity contribution in [3.63, 3.8) is 0 Å². The third-order valence-electron chi connectivity index (χ3n) is 4.80. The maximum Gasteiger partial charge on any atom is 0.261 e. The van der Waals surface area contributed by atoms with E-state index in [9.17, 15) is 9.59 Å². The molecule has 29 heavy (non-hydrogen) atoms. The molecule has 2 aromatic rings. The number of aryl methyl sites for hydroxylation is 1. The van der Waals surface area contributed by atoms with Crippen molar-refractivity contribution in [1.82, 2.24) is 20.2 Å². The molecule has 2 N–H and O–H groups in total. The fourth-order valence-corrected chi connectivity index (χ4v) is 3.19. The molecule has 1 aliphatic rings. The van der Waals surface area contributed by atoms with E-state index in [-0.39, 0.29) is 23.9 Å². The molecule has 0 atom stereocenters. The van der Waals surface area contributed by atoms with Gasteiger partial charge in [0.2, 0.25) is 5.91 Å². The molecule has 158 valence electrons. The summed E-state index contributed by atoms with van der Waals surface area (Å²) in [6, 6.07) is 3.32. The zero-order valence-electron chi connectivity index (χ0n) is 16.7. The Morgan fingerprint density at radius 2 is 2.03 bits per heavy atom. The summed E-state index contributed by atoms with van der Waals surface area (Å²) in [6.45, 7) is 2.84. The number of halogens is 1. The Hall–Kier alpha value is -2.58. The van der Waals surface area contributed by atoms with Gasteiger partial charge in [-0.15, -0.1) is 12.4 Å². The fourth-order valence-electron chi connectivity index (χ4n) is 3.19. The summed E-state index contributed by atoms with van der Waals surface area (Å²) < 4.78 is 12.0. The number of nitrogens with zero attached hydrogens (tertiary/aromatic N) is 2. The highest BCUT2D eigenvalue weighted by Gasteiger charge is 2.11. The topological polar surface area (TPSA) is 94.5 Å². The minimum absolute atomic E-state index is 0. The normalized spacial score (nSPS) is 13.4. The predicted molar refractivity (Wildman–Crippen MR) is 114 cm³/mol. The van der Waals surface area contributed by atoms with Crippen LogP contribution in [0.2, 0.25) is 0 Å². The number of carbonyl (C=O) groups excluding carboxylic acids is 1. The molecule has 2 heterocycles. The molecule has 1 aromatic heterocycles. The number of carbonyl (C=O) groups is 1. The second-order valence-corrected chi connectivity index (χ2v) is 6.66. The molecule has 8 nitrogen and oxygen atoms in total. The average molecular weight is 423 g/mol. The van der Waals surface area contributed by atoms with Crippen LogP contribution in [0.1, 0.15) is 19.3 Å². The second kappa shape index (κ2) is 10.8. The van der Waals surface area contributed by atoms with Gasteiger partial charge in [0, 0.05) is 32.1 Å². The fraction of sp³-hybridized carbons (Fsp3) is 0.450. The van der Waals surface area contributed by atoms with Crippen LogP contribution < -0.4 is 25.7 Å². The van der Waals surface area contributed by atoms with Crippen LogP contribution in [0.4, 0.5) is 0 Å². The lowest BCUT2D eigenvalue weighted by Crippen LogP contribution is -2.30. The van der Waals surface area contributed by atoms with Crippen molar-refractivity contribution < 1.29 is 14.3 Å². The van der Waals surface area contributed by atoms with Gasteiger partial charge in [-0.2, -0.15) is 0 Å². The van der Waals surface area contributed by atoms with E-state index in [0.717, 1.165) is 19.5 Å². The number of amides is 1. The van der Waals surface area contributed by atoms with Gasteiger partial charge in [-0.3, -0.25) is 14.2 Å². The number of hydrogen-bond donors (Lipinski definition) is 2. The van der Waals surface area contributed by atoms with Crippen LogP contribution in [0, 0.1) is 0 Å². The van der Waals surface area contributed by atoms with E-state index in [2.05, 4.69) is 21.7 Å². The van der Waals surface area contributed by atoms with Crippen molar-refractivity contribution in [2.45, 2.75) is 25.8 Å². The number of hydrogen-bond acceptors (Lipinski definition) is 6. The highest BCUT2D eigenvalue weighted by Crippen LogP contribution is 2.29. The van der Waals surface area contributed by atoms with Crippen LogP contribution >= 0.6 is 12.4 Å². The summed E-state index contributed by atoms with van der Waals surface area (Å²) in [6.07, 6.45) is 5.52. The summed E-state index contributed by atoms with van der Waals surface area (Å²) in [5.41, 5.74) is 1.64. The Labute approximate surface area is 175 Å². The summed E-state index contributed by atoms with van der Waals surface area (Å²) in [5.74, 6) is 1.01. The van der Waals surface area contributed by atoms with Crippen molar-refractivity contribution >= 4 is 29.2 Å². The quantitative estimate of drug-likeness (QED) is 0.628. The molecule has 0 saturated heterocycles. The van der Waals surface area contributed by atoms with Crippen molar-refractivity contribution in [3.8, 4) is 11.5 Å². The highest BCUT2D eigenvalue weighted by atomic mass is 35.5. The summed E-state index contributed by atoms with van der Waals surface area (Å²) >= 11 is 0. The monoisotopic (exact) mass is 422 g/mol. The van der Waals surface area contributed by atoms with Crippen molar-refractivity contribution in [2.24, 2.45) is 0 Å². The molecule has 3 rings (SSSR count). The number of fused-ring (bicyclic) bond motifs is 1. The van der Waals surface area contributed by atoms with Gasteiger partial charge >= 0.3 is 0 Å². The van der Waals surface area contributed by atoms with Crippen molar-refractivity contribution in [3.05, 3.63) is 40.5 Å². The van der Waals surface area contributed by atoms with Gasteiger partial charge in [0.25, 0.3) is 5.56 Å². The number of methoxy groups -OCH3 is 2. The first-order valence-corrected chi connectivity index (χ1v) is 9.39. The number of benzene rings is 1. The Bertz CT molecular complexity index is 942. The van der Waals surface area contributed by atoms with E-state index in [4.69, 9.17) is 9.47 Å². The molecule has 1 aliphatic heterocycles. The van der Waals surface area contributed by atoms with E-state index in [0.29, 0.717) is 48.3 Å². The standard InChI is InChI=1S/C20H26N4O4.ClH/c1-27-17-10-15-16(11-18(17)28-2)23-13-24(20(15)26)9-3-4-19(25)22-12-14-5-7-21-8-6-14;/h5,10-11,13,21H,3-4,6-9,12H2,1-2H3,(H,22,25);1H. The maximum atomic E-state index is 12.7. The molecule has 0 aliphatic carbocycles. The van der Waals surface area contributed by atoms with Gasteiger partial charge in [-0.05, 0) is 25.5 Å². The summed E-state index contributed by atoms with van der Waals surface area (Å²) in [4.78, 5) is 29.1. The molecule has 1 aromatic carbocycles. The third-order valence-corrected chi connectivity index (χ3v) is 4.80. The number of nitrogens with one attached hydrogen (secondary N) is 2. The second-order valence-electron chi connectivity index (χ2n) is 6.66. The lowest BCUT2D eigenvalue weighted by molar-refractivity contribution is -0.121. The lowest BCUT2D eigenvalue weighted by Gasteiger charge is -2.14. The largest absolute Gasteiger partial charge is 0.493 e. The van der Waals surface area contributed by atoms with Crippen LogP contribution in [0.5, 0.6) is 11.5 Å². The predicted octanol–water partition coefficient (Wildman–Crippen LogP) is 1.65. The third kappa shape index (κ3) is 5.71. The van der Waals surface area contributed by atoms with E-state index in [1.165, 1.54) is 30.7 Å². The first-order valence-electron chi connectivity index (χ1n) is 9.39. The molecule has 0 spiro atoms. The van der Waals surface area contributed by atoms with Gasteiger partial charge in [0.15, 0.2) is 11.5 Å². The molecule has 1 amide bonds. The van der Waals surface area contributed by atoms with Crippen LogP contribution in [0.25, 0.3) is 10.9 Å². The Kier molecular flexibility index (Phi) is 8.48. The van der Waals surface area contributed by atoms with Crippen LogP contribution in [-0.2, 0) is 11.3 Å². The van der Waals surface area contributed by atoms with Crippen molar-refractivity contribution in [2.75, 3.05) is 33.9 Å². The van der Waals surface area contributed by atoms with Crippen LogP contribution in [0.15, 0.2) is 34.9 Å². The van der Waals surface area contributed by atoms with Gasteiger partial charge in [0.1, 0.15) is 0 Å². The maximum absolute atomic E-state index is 12.7. The van der Waals surface area contributed by atoms with Gasteiger partial charge < -0.3 is 20.1 Å². The molecular weight excluding hydrogens is 396 g/mol. The summed E-state index contributed by atoms with van der Waals surface area (Å²) in [7, 11) is 3.06. The number of aromatic nitrogens is 2. The smallest absolute Gasteiger partial charge is 0.261 e. The molecule has 0 bridgehead atoms. The molecule has 0 radical (unpaired) electrons. The zero-order valence-corrected chi connectivity index (χ0v) is 17.5. The molecule has 9 heteroatoms. The molecule has 0 saturated carbocycles. The van der Waals surface area contributed by atoms with E-state index >= 15 is 0 Å². The minimum atomic E-state index is -0.161. The van der Waals surface area contributed by atoms with Gasteiger partial charge in [-0.25, -0.2) is 4.98 Å². The first kappa shape index (κ1) is 22.7.